The Morgan fingerprint density at radius 2 is 1.90 bits per heavy atom. The van der Waals surface area contributed by atoms with Crippen molar-refractivity contribution in [2.24, 2.45) is 0 Å². The highest BCUT2D eigenvalue weighted by Gasteiger charge is 2.35. The molecule has 1 aliphatic heterocycles. The molecule has 2 aromatic carbocycles. The molecule has 150 valence electrons. The molecule has 0 saturated heterocycles. The SMILES string of the molecule is COc1ccc(Cn2cccc(C3OC(C)(C)Cc4ccc(Br)cc43)c2=O)cc1. The molecule has 1 unspecified atom stereocenters. The van der Waals surface area contributed by atoms with Gasteiger partial charge in [-0.15, -0.1) is 0 Å². The highest BCUT2D eigenvalue weighted by Crippen LogP contribution is 2.39. The second-order valence-corrected chi connectivity index (χ2v) is 8.94. The van der Waals surface area contributed by atoms with Crippen LogP contribution in [0.1, 0.15) is 42.2 Å². The molecule has 1 aromatic heterocycles. The van der Waals surface area contributed by atoms with Gasteiger partial charge in [-0.25, -0.2) is 0 Å². The molecule has 4 rings (SSSR count). The zero-order chi connectivity index (χ0) is 20.6. The monoisotopic (exact) mass is 453 g/mol. The minimum Gasteiger partial charge on any atom is -0.497 e. The van der Waals surface area contributed by atoms with Crippen molar-refractivity contribution in [1.82, 2.24) is 4.57 Å². The van der Waals surface area contributed by atoms with Gasteiger partial charge in [0.05, 0.1) is 24.8 Å². The van der Waals surface area contributed by atoms with E-state index in [0.717, 1.165) is 27.8 Å². The number of hydrogen-bond donors (Lipinski definition) is 0. The topological polar surface area (TPSA) is 40.5 Å². The minimum absolute atomic E-state index is 0.0306. The summed E-state index contributed by atoms with van der Waals surface area (Å²) in [5, 5.41) is 0. The summed E-state index contributed by atoms with van der Waals surface area (Å²) >= 11 is 3.56. The minimum atomic E-state index is -0.387. The fraction of sp³-hybridized carbons (Fsp3) is 0.292. The van der Waals surface area contributed by atoms with E-state index in [-0.39, 0.29) is 17.3 Å². The van der Waals surface area contributed by atoms with Crippen LogP contribution >= 0.6 is 15.9 Å². The predicted molar refractivity (Wildman–Crippen MR) is 118 cm³/mol. The number of ether oxygens (including phenoxy) is 2. The van der Waals surface area contributed by atoms with E-state index in [1.807, 2.05) is 48.7 Å². The molecule has 5 heteroatoms. The number of fused-ring (bicyclic) bond motifs is 1. The van der Waals surface area contributed by atoms with E-state index in [1.165, 1.54) is 5.56 Å². The number of nitrogens with zero attached hydrogens (tertiary/aromatic N) is 1. The lowest BCUT2D eigenvalue weighted by Crippen LogP contribution is -2.37. The molecule has 1 aliphatic rings. The number of rotatable bonds is 4. The lowest BCUT2D eigenvalue weighted by molar-refractivity contribution is -0.0675. The fourth-order valence-corrected chi connectivity index (χ4v) is 4.27. The number of methoxy groups -OCH3 is 1. The molecule has 0 radical (unpaired) electrons. The summed E-state index contributed by atoms with van der Waals surface area (Å²) in [4.78, 5) is 13.3. The van der Waals surface area contributed by atoms with Crippen molar-refractivity contribution in [1.29, 1.82) is 0 Å². The van der Waals surface area contributed by atoms with Crippen molar-refractivity contribution in [2.75, 3.05) is 7.11 Å². The Hall–Kier alpha value is -2.37. The van der Waals surface area contributed by atoms with Gasteiger partial charge in [0, 0.05) is 17.1 Å². The lowest BCUT2D eigenvalue weighted by atomic mass is 9.86. The maximum absolute atomic E-state index is 13.3. The molecule has 0 spiro atoms. The zero-order valence-corrected chi connectivity index (χ0v) is 18.4. The zero-order valence-electron chi connectivity index (χ0n) is 16.8. The summed E-state index contributed by atoms with van der Waals surface area (Å²) < 4.78 is 14.3. The molecular formula is C24H24BrNO3. The lowest BCUT2D eigenvalue weighted by Gasteiger charge is -2.38. The summed E-state index contributed by atoms with van der Waals surface area (Å²) in [5.74, 6) is 0.801. The number of halogens is 1. The molecule has 3 aromatic rings. The largest absolute Gasteiger partial charge is 0.497 e. The summed E-state index contributed by atoms with van der Waals surface area (Å²) in [6.45, 7) is 4.64. The summed E-state index contributed by atoms with van der Waals surface area (Å²) in [5.41, 5.74) is 3.61. The third kappa shape index (κ3) is 4.16. The van der Waals surface area contributed by atoms with Crippen molar-refractivity contribution < 1.29 is 9.47 Å². The first kappa shape index (κ1) is 19.9. The van der Waals surface area contributed by atoms with Crippen LogP contribution in [0, 0.1) is 0 Å². The van der Waals surface area contributed by atoms with Gasteiger partial charge in [0.1, 0.15) is 11.9 Å². The molecular weight excluding hydrogens is 430 g/mol. The van der Waals surface area contributed by atoms with E-state index in [9.17, 15) is 4.79 Å². The van der Waals surface area contributed by atoms with Crippen LogP contribution in [-0.4, -0.2) is 17.3 Å². The molecule has 0 amide bonds. The van der Waals surface area contributed by atoms with Gasteiger partial charge in [0.2, 0.25) is 0 Å². The third-order valence-corrected chi connectivity index (χ3v) is 5.78. The average Bonchev–Trinajstić information content (AvgIpc) is 2.69. The summed E-state index contributed by atoms with van der Waals surface area (Å²) in [7, 11) is 1.64. The first-order chi connectivity index (χ1) is 13.9. The van der Waals surface area contributed by atoms with E-state index in [2.05, 4.69) is 41.9 Å². The Labute approximate surface area is 179 Å². The van der Waals surface area contributed by atoms with Crippen molar-refractivity contribution in [3.63, 3.8) is 0 Å². The van der Waals surface area contributed by atoms with E-state index in [1.54, 1.807) is 11.7 Å². The highest BCUT2D eigenvalue weighted by atomic mass is 79.9. The number of hydrogen-bond acceptors (Lipinski definition) is 3. The number of pyridine rings is 1. The Morgan fingerprint density at radius 3 is 2.62 bits per heavy atom. The molecule has 0 N–H and O–H groups in total. The van der Waals surface area contributed by atoms with Crippen LogP contribution in [0.3, 0.4) is 0 Å². The van der Waals surface area contributed by atoms with Crippen LogP contribution in [0.2, 0.25) is 0 Å². The molecule has 0 bridgehead atoms. The van der Waals surface area contributed by atoms with Crippen LogP contribution < -0.4 is 10.3 Å². The van der Waals surface area contributed by atoms with Gasteiger partial charge < -0.3 is 14.0 Å². The van der Waals surface area contributed by atoms with Crippen molar-refractivity contribution in [3.8, 4) is 5.75 Å². The number of benzene rings is 2. The molecule has 29 heavy (non-hydrogen) atoms. The second-order valence-electron chi connectivity index (χ2n) is 8.02. The molecule has 2 heterocycles. The fourth-order valence-electron chi connectivity index (χ4n) is 3.89. The van der Waals surface area contributed by atoms with Crippen LogP contribution in [-0.2, 0) is 17.7 Å². The van der Waals surface area contributed by atoms with E-state index < -0.39 is 0 Å². The van der Waals surface area contributed by atoms with Gasteiger partial charge >= 0.3 is 0 Å². The second kappa shape index (κ2) is 7.81. The van der Waals surface area contributed by atoms with Crippen LogP contribution in [0.5, 0.6) is 5.75 Å². The molecule has 0 fully saturated rings. The Morgan fingerprint density at radius 1 is 1.14 bits per heavy atom. The first-order valence-electron chi connectivity index (χ1n) is 9.65. The summed E-state index contributed by atoms with van der Waals surface area (Å²) in [6.07, 6.45) is 2.26. The maximum atomic E-state index is 13.3. The van der Waals surface area contributed by atoms with Gasteiger partial charge in [-0.2, -0.15) is 0 Å². The standard InChI is InChI=1S/C24H24BrNO3/c1-24(2)14-17-8-9-18(25)13-21(17)22(29-24)20-5-4-12-26(23(20)27)15-16-6-10-19(28-3)11-7-16/h4-13,22H,14-15H2,1-3H3. The predicted octanol–water partition coefficient (Wildman–Crippen LogP) is 5.11. The average molecular weight is 454 g/mol. The normalized spacial score (nSPS) is 17.6. The van der Waals surface area contributed by atoms with Crippen molar-refractivity contribution in [2.45, 2.75) is 38.5 Å². The molecule has 4 nitrogen and oxygen atoms in total. The third-order valence-electron chi connectivity index (χ3n) is 5.29. The van der Waals surface area contributed by atoms with Gasteiger partial charge in [0.25, 0.3) is 5.56 Å². The van der Waals surface area contributed by atoms with Crippen LogP contribution in [0.25, 0.3) is 0 Å². The molecule has 0 saturated carbocycles. The Balaban J connectivity index is 1.73. The quantitative estimate of drug-likeness (QED) is 0.550. The smallest absolute Gasteiger partial charge is 0.257 e. The summed E-state index contributed by atoms with van der Waals surface area (Å²) in [6, 6.07) is 17.8. The van der Waals surface area contributed by atoms with E-state index in [4.69, 9.17) is 9.47 Å². The van der Waals surface area contributed by atoms with Gasteiger partial charge in [-0.05, 0) is 66.9 Å². The van der Waals surface area contributed by atoms with Crippen LogP contribution in [0.4, 0.5) is 0 Å². The van der Waals surface area contributed by atoms with Crippen molar-refractivity contribution >= 4 is 15.9 Å². The molecule has 0 aliphatic carbocycles. The Bertz CT molecular complexity index is 1090. The van der Waals surface area contributed by atoms with E-state index in [0.29, 0.717) is 12.1 Å². The number of aromatic nitrogens is 1. The van der Waals surface area contributed by atoms with Gasteiger partial charge in [-0.3, -0.25) is 4.79 Å². The van der Waals surface area contributed by atoms with E-state index >= 15 is 0 Å². The maximum Gasteiger partial charge on any atom is 0.257 e. The van der Waals surface area contributed by atoms with Gasteiger partial charge in [-0.1, -0.05) is 34.1 Å². The van der Waals surface area contributed by atoms with Crippen LogP contribution in [0.15, 0.2) is 70.1 Å². The first-order valence-corrected chi connectivity index (χ1v) is 10.4. The van der Waals surface area contributed by atoms with Crippen molar-refractivity contribution in [3.05, 3.63) is 97.9 Å². The molecule has 1 atom stereocenters. The Kier molecular flexibility index (Phi) is 5.36. The highest BCUT2D eigenvalue weighted by molar-refractivity contribution is 9.10. The van der Waals surface area contributed by atoms with Gasteiger partial charge in [0.15, 0.2) is 0 Å².